The lowest BCUT2D eigenvalue weighted by atomic mass is 10.0. The van der Waals surface area contributed by atoms with Crippen molar-refractivity contribution in [3.8, 4) is 0 Å². The first-order valence-corrected chi connectivity index (χ1v) is 5.09. The van der Waals surface area contributed by atoms with Gasteiger partial charge in [0.1, 0.15) is 0 Å². The lowest BCUT2D eigenvalue weighted by Gasteiger charge is -2.14. The molecular formula is C11H12ClF6N. The topological polar surface area (TPSA) is 26.0 Å². The van der Waals surface area contributed by atoms with E-state index in [1.165, 1.54) is 0 Å². The summed E-state index contributed by atoms with van der Waals surface area (Å²) in [4.78, 5) is 0. The van der Waals surface area contributed by atoms with Gasteiger partial charge in [0.15, 0.2) is 0 Å². The van der Waals surface area contributed by atoms with Crippen molar-refractivity contribution in [3.05, 3.63) is 35.4 Å². The molecule has 0 aliphatic rings. The van der Waals surface area contributed by atoms with E-state index in [1.807, 2.05) is 0 Å². The van der Waals surface area contributed by atoms with Crippen LogP contribution in [0.2, 0.25) is 0 Å². The van der Waals surface area contributed by atoms with Crippen molar-refractivity contribution in [1.29, 1.82) is 0 Å². The third-order valence-corrected chi connectivity index (χ3v) is 2.40. The molecule has 0 aliphatic heterocycles. The number of rotatable bonds is 3. The highest BCUT2D eigenvalue weighted by Crippen LogP contribution is 2.31. The van der Waals surface area contributed by atoms with E-state index in [9.17, 15) is 26.3 Å². The van der Waals surface area contributed by atoms with Crippen molar-refractivity contribution in [2.24, 2.45) is 5.73 Å². The fourth-order valence-corrected chi connectivity index (χ4v) is 1.41. The van der Waals surface area contributed by atoms with Crippen molar-refractivity contribution >= 4 is 12.4 Å². The fourth-order valence-electron chi connectivity index (χ4n) is 1.41. The van der Waals surface area contributed by atoms with E-state index in [-0.39, 0.29) is 24.4 Å². The van der Waals surface area contributed by atoms with Gasteiger partial charge in [0.05, 0.1) is 5.56 Å². The van der Waals surface area contributed by atoms with Gasteiger partial charge < -0.3 is 5.73 Å². The third kappa shape index (κ3) is 6.15. The standard InChI is InChI=1S/C11H11F6N.ClH/c12-10(13,14)6-5-9(18)7-1-3-8(4-2-7)11(15,16)17;/h1-4,9H,5-6,18H2;1H/t9-;/m0./s1. The Bertz CT molecular complexity index is 384. The Morgan fingerprint density at radius 2 is 1.42 bits per heavy atom. The van der Waals surface area contributed by atoms with Gasteiger partial charge in [0.25, 0.3) is 0 Å². The normalized spacial score (nSPS) is 13.8. The molecule has 0 saturated carbocycles. The minimum atomic E-state index is -4.46. The molecule has 0 amide bonds. The van der Waals surface area contributed by atoms with Crippen LogP contribution in [-0.2, 0) is 6.18 Å². The highest BCUT2D eigenvalue weighted by molar-refractivity contribution is 5.85. The third-order valence-electron chi connectivity index (χ3n) is 2.40. The molecular weight excluding hydrogens is 296 g/mol. The number of hydrogen-bond acceptors (Lipinski definition) is 1. The monoisotopic (exact) mass is 307 g/mol. The Balaban J connectivity index is 0.00000324. The lowest BCUT2D eigenvalue weighted by molar-refractivity contribution is -0.137. The molecule has 1 atom stereocenters. The highest BCUT2D eigenvalue weighted by atomic mass is 35.5. The van der Waals surface area contributed by atoms with E-state index >= 15 is 0 Å². The van der Waals surface area contributed by atoms with Crippen LogP contribution >= 0.6 is 12.4 Å². The summed E-state index contributed by atoms with van der Waals surface area (Å²) < 4.78 is 72.6. The molecule has 0 aromatic heterocycles. The molecule has 110 valence electrons. The highest BCUT2D eigenvalue weighted by Gasteiger charge is 2.31. The first-order chi connectivity index (χ1) is 8.09. The zero-order valence-corrected chi connectivity index (χ0v) is 10.4. The second-order valence-electron chi connectivity index (χ2n) is 3.88. The number of halogens is 7. The van der Waals surface area contributed by atoms with Crippen molar-refractivity contribution < 1.29 is 26.3 Å². The first-order valence-electron chi connectivity index (χ1n) is 5.09. The Morgan fingerprint density at radius 3 is 1.79 bits per heavy atom. The van der Waals surface area contributed by atoms with E-state index < -0.39 is 30.4 Å². The van der Waals surface area contributed by atoms with Crippen LogP contribution < -0.4 is 5.73 Å². The van der Waals surface area contributed by atoms with Gasteiger partial charge in [-0.05, 0) is 24.1 Å². The van der Waals surface area contributed by atoms with Gasteiger partial charge >= 0.3 is 12.4 Å². The Kier molecular flexibility index (Phi) is 6.15. The molecule has 1 aromatic carbocycles. The predicted octanol–water partition coefficient (Wildman–Crippen LogP) is 4.47. The van der Waals surface area contributed by atoms with E-state index in [4.69, 9.17) is 5.73 Å². The van der Waals surface area contributed by atoms with Gasteiger partial charge in [-0.15, -0.1) is 12.4 Å². The van der Waals surface area contributed by atoms with Crippen LogP contribution in [0.5, 0.6) is 0 Å². The van der Waals surface area contributed by atoms with Crippen molar-refractivity contribution in [3.63, 3.8) is 0 Å². The van der Waals surface area contributed by atoms with Gasteiger partial charge in [-0.1, -0.05) is 12.1 Å². The Morgan fingerprint density at radius 1 is 0.947 bits per heavy atom. The molecule has 0 unspecified atom stereocenters. The largest absolute Gasteiger partial charge is 0.416 e. The molecule has 1 rings (SSSR count). The van der Waals surface area contributed by atoms with Crippen LogP contribution in [0.3, 0.4) is 0 Å². The summed E-state index contributed by atoms with van der Waals surface area (Å²) >= 11 is 0. The molecule has 0 bridgehead atoms. The zero-order chi connectivity index (χ0) is 14.0. The van der Waals surface area contributed by atoms with Gasteiger partial charge in [0, 0.05) is 12.5 Å². The Labute approximate surface area is 112 Å². The summed E-state index contributed by atoms with van der Waals surface area (Å²) in [6.07, 6.45) is -10.2. The summed E-state index contributed by atoms with van der Waals surface area (Å²) in [7, 11) is 0. The Hall–Kier alpha value is -0.950. The molecule has 1 aromatic rings. The molecule has 1 nitrogen and oxygen atoms in total. The molecule has 8 heteroatoms. The molecule has 0 saturated heterocycles. The average molecular weight is 308 g/mol. The smallest absolute Gasteiger partial charge is 0.324 e. The number of alkyl halides is 6. The first kappa shape index (κ1) is 18.0. The molecule has 0 aliphatic carbocycles. The van der Waals surface area contributed by atoms with Crippen LogP contribution in [0.4, 0.5) is 26.3 Å². The second kappa shape index (κ2) is 6.47. The predicted molar refractivity (Wildman–Crippen MR) is 60.9 cm³/mol. The maximum atomic E-state index is 12.2. The van der Waals surface area contributed by atoms with Crippen LogP contribution in [0, 0.1) is 0 Å². The maximum Gasteiger partial charge on any atom is 0.416 e. The van der Waals surface area contributed by atoms with E-state index in [0.717, 1.165) is 24.3 Å². The summed E-state index contributed by atoms with van der Waals surface area (Å²) in [5, 5.41) is 0. The minimum Gasteiger partial charge on any atom is -0.324 e. The number of hydrogen-bond donors (Lipinski definition) is 1. The summed E-state index contributed by atoms with van der Waals surface area (Å²) in [5.41, 5.74) is 4.88. The van der Waals surface area contributed by atoms with Crippen LogP contribution in [-0.4, -0.2) is 6.18 Å². The van der Waals surface area contributed by atoms with Gasteiger partial charge in [-0.2, -0.15) is 26.3 Å². The van der Waals surface area contributed by atoms with Crippen molar-refractivity contribution in [2.75, 3.05) is 0 Å². The van der Waals surface area contributed by atoms with E-state index in [1.54, 1.807) is 0 Å². The molecule has 0 fully saturated rings. The SMILES string of the molecule is Cl.N[C@@H](CCC(F)(F)F)c1ccc(C(F)(F)F)cc1. The maximum absolute atomic E-state index is 12.2. The molecule has 0 heterocycles. The summed E-state index contributed by atoms with van der Waals surface area (Å²) in [6.45, 7) is 0. The lowest BCUT2D eigenvalue weighted by Crippen LogP contribution is -2.16. The van der Waals surface area contributed by atoms with E-state index in [2.05, 4.69) is 0 Å². The summed E-state index contributed by atoms with van der Waals surface area (Å²) in [6, 6.07) is 2.90. The quantitative estimate of drug-likeness (QED) is 0.819. The average Bonchev–Trinajstić information content (AvgIpc) is 2.24. The van der Waals surface area contributed by atoms with E-state index in [0.29, 0.717) is 0 Å². The molecule has 0 spiro atoms. The number of benzene rings is 1. The van der Waals surface area contributed by atoms with Crippen LogP contribution in [0.25, 0.3) is 0 Å². The van der Waals surface area contributed by atoms with Gasteiger partial charge in [0.2, 0.25) is 0 Å². The fraction of sp³-hybridized carbons (Fsp3) is 0.455. The zero-order valence-electron chi connectivity index (χ0n) is 9.55. The van der Waals surface area contributed by atoms with Gasteiger partial charge in [-0.25, -0.2) is 0 Å². The van der Waals surface area contributed by atoms with Crippen molar-refractivity contribution in [2.45, 2.75) is 31.2 Å². The number of nitrogens with two attached hydrogens (primary N) is 1. The van der Waals surface area contributed by atoms with Crippen molar-refractivity contribution in [1.82, 2.24) is 0 Å². The minimum absolute atomic E-state index is 0. The van der Waals surface area contributed by atoms with Crippen LogP contribution in [0.15, 0.2) is 24.3 Å². The van der Waals surface area contributed by atoms with Crippen LogP contribution in [0.1, 0.15) is 30.0 Å². The second-order valence-corrected chi connectivity index (χ2v) is 3.88. The van der Waals surface area contributed by atoms with Gasteiger partial charge in [-0.3, -0.25) is 0 Å². The molecule has 0 radical (unpaired) electrons. The molecule has 2 N–H and O–H groups in total. The summed E-state index contributed by atoms with van der Waals surface area (Å²) in [5.74, 6) is 0. The molecule has 19 heavy (non-hydrogen) atoms.